The van der Waals surface area contributed by atoms with E-state index in [1.165, 1.54) is 4.57 Å². The Labute approximate surface area is 138 Å². The van der Waals surface area contributed by atoms with Gasteiger partial charge in [-0.15, -0.1) is 11.6 Å². The summed E-state index contributed by atoms with van der Waals surface area (Å²) in [5.41, 5.74) is 1.43. The van der Waals surface area contributed by atoms with Crippen LogP contribution in [0.25, 0.3) is 0 Å². The van der Waals surface area contributed by atoms with Crippen molar-refractivity contribution in [1.29, 1.82) is 0 Å². The maximum Gasteiger partial charge on any atom is 0.355 e. The number of benzene rings is 1. The Morgan fingerprint density at radius 2 is 1.86 bits per heavy atom. The summed E-state index contributed by atoms with van der Waals surface area (Å²) < 4.78 is 6.28. The summed E-state index contributed by atoms with van der Waals surface area (Å²) in [5.74, 6) is -0.950. The molecule has 0 unspecified atom stereocenters. The van der Waals surface area contributed by atoms with E-state index in [9.17, 15) is 9.59 Å². The molecule has 1 aromatic heterocycles. The van der Waals surface area contributed by atoms with Gasteiger partial charge < -0.3 is 4.74 Å². The van der Waals surface area contributed by atoms with Gasteiger partial charge in [0.15, 0.2) is 0 Å². The van der Waals surface area contributed by atoms with Crippen LogP contribution in [-0.4, -0.2) is 23.1 Å². The number of alkyl halides is 1. The molecule has 0 aliphatic carbocycles. The maximum atomic E-state index is 12.8. The molecule has 0 radical (unpaired) electrons. The molecule has 0 spiro atoms. The highest BCUT2D eigenvalue weighted by atomic mass is 35.5. The van der Waals surface area contributed by atoms with Crippen molar-refractivity contribution in [2.24, 2.45) is 0 Å². The lowest BCUT2D eigenvalue weighted by Crippen LogP contribution is -2.21. The molecule has 0 bridgehead atoms. The van der Waals surface area contributed by atoms with Crippen LogP contribution >= 0.6 is 23.2 Å². The predicted octanol–water partition coefficient (Wildman–Crippen LogP) is 4.05. The fraction of sp³-hybridized carbons (Fsp3) is 0.250. The van der Waals surface area contributed by atoms with Gasteiger partial charge in [-0.1, -0.05) is 29.8 Å². The van der Waals surface area contributed by atoms with Crippen molar-refractivity contribution < 1.29 is 14.3 Å². The third-order valence-electron chi connectivity index (χ3n) is 3.25. The van der Waals surface area contributed by atoms with Crippen LogP contribution in [0.1, 0.15) is 39.0 Å². The molecular weight excluding hydrogens is 325 g/mol. The van der Waals surface area contributed by atoms with Gasteiger partial charge in [-0.3, -0.25) is 9.36 Å². The van der Waals surface area contributed by atoms with E-state index in [-0.39, 0.29) is 24.1 Å². The minimum Gasteiger partial charge on any atom is -0.461 e. The van der Waals surface area contributed by atoms with E-state index in [1.807, 2.05) is 0 Å². The largest absolute Gasteiger partial charge is 0.461 e. The Balaban J connectivity index is 2.65. The number of halogens is 2. The van der Waals surface area contributed by atoms with Crippen LogP contribution in [0, 0.1) is 6.92 Å². The number of carbonyl (C=O) groups is 2. The highest BCUT2D eigenvalue weighted by Gasteiger charge is 2.28. The van der Waals surface area contributed by atoms with Crippen molar-refractivity contribution in [2.75, 3.05) is 6.61 Å². The number of rotatable bonds is 4. The smallest absolute Gasteiger partial charge is 0.355 e. The van der Waals surface area contributed by atoms with Gasteiger partial charge in [0, 0.05) is 11.1 Å². The van der Waals surface area contributed by atoms with Crippen molar-refractivity contribution in [3.05, 3.63) is 57.9 Å². The molecular formula is C16H15Cl2NO3. The average Bonchev–Trinajstić information content (AvgIpc) is 2.79. The fourth-order valence-corrected chi connectivity index (χ4v) is 2.78. The molecule has 0 N–H and O–H groups in total. The first-order chi connectivity index (χ1) is 10.5. The van der Waals surface area contributed by atoms with Gasteiger partial charge in [0.05, 0.1) is 23.2 Å². The van der Waals surface area contributed by atoms with Crippen molar-refractivity contribution in [3.8, 4) is 0 Å². The Bertz CT molecular complexity index is 708. The van der Waals surface area contributed by atoms with E-state index in [0.29, 0.717) is 21.8 Å². The van der Waals surface area contributed by atoms with Crippen molar-refractivity contribution in [2.45, 2.75) is 19.7 Å². The fourth-order valence-electron chi connectivity index (χ4n) is 2.22. The molecule has 1 heterocycles. The molecule has 0 atom stereocenters. The zero-order chi connectivity index (χ0) is 16.3. The van der Waals surface area contributed by atoms with Crippen LogP contribution in [0.3, 0.4) is 0 Å². The molecule has 116 valence electrons. The first kappa shape index (κ1) is 16.6. The molecule has 2 rings (SSSR count). The summed E-state index contributed by atoms with van der Waals surface area (Å²) in [7, 11) is 0. The van der Waals surface area contributed by atoms with Crippen LogP contribution in [0.2, 0.25) is 5.02 Å². The summed E-state index contributed by atoms with van der Waals surface area (Å²) in [6, 6.07) is 8.63. The van der Waals surface area contributed by atoms with Crippen LogP contribution in [0.15, 0.2) is 30.3 Å². The molecule has 1 aromatic carbocycles. The number of hydrogen-bond acceptors (Lipinski definition) is 3. The van der Waals surface area contributed by atoms with Crippen LogP contribution in [0.5, 0.6) is 0 Å². The Morgan fingerprint density at radius 1 is 1.23 bits per heavy atom. The van der Waals surface area contributed by atoms with Crippen LogP contribution < -0.4 is 0 Å². The standard InChI is InChI=1S/C16H15Cl2NO3/c1-3-22-16(21)14-10(2)13(18)12(9-17)19(14)15(20)11-7-5-4-6-8-11/h4-8H,3,9H2,1-2H3. The maximum absolute atomic E-state index is 12.8. The Morgan fingerprint density at radius 3 is 2.41 bits per heavy atom. The van der Waals surface area contributed by atoms with E-state index in [0.717, 1.165) is 0 Å². The van der Waals surface area contributed by atoms with Crippen molar-refractivity contribution in [3.63, 3.8) is 0 Å². The summed E-state index contributed by atoms with van der Waals surface area (Å²) >= 11 is 12.2. The number of esters is 1. The van der Waals surface area contributed by atoms with Crippen LogP contribution in [0.4, 0.5) is 0 Å². The number of aromatic nitrogens is 1. The van der Waals surface area contributed by atoms with Gasteiger partial charge in [-0.25, -0.2) is 4.79 Å². The Hall–Kier alpha value is -1.78. The summed E-state index contributed by atoms with van der Waals surface area (Å²) in [6.07, 6.45) is 0. The van der Waals surface area contributed by atoms with E-state index < -0.39 is 5.97 Å². The second kappa shape index (κ2) is 6.99. The van der Waals surface area contributed by atoms with Gasteiger partial charge >= 0.3 is 5.97 Å². The molecule has 0 aliphatic rings. The third-order valence-corrected chi connectivity index (χ3v) is 4.01. The monoisotopic (exact) mass is 339 g/mol. The summed E-state index contributed by atoms with van der Waals surface area (Å²) in [4.78, 5) is 25.0. The lowest BCUT2D eigenvalue weighted by molar-refractivity contribution is 0.0508. The second-order valence-electron chi connectivity index (χ2n) is 4.59. The predicted molar refractivity (Wildman–Crippen MR) is 85.9 cm³/mol. The molecule has 0 fully saturated rings. The highest BCUT2D eigenvalue weighted by Crippen LogP contribution is 2.30. The summed E-state index contributed by atoms with van der Waals surface area (Å²) in [5, 5.41) is 0.308. The van der Waals surface area contributed by atoms with Gasteiger partial charge in [-0.05, 0) is 26.0 Å². The van der Waals surface area contributed by atoms with Crippen molar-refractivity contribution >= 4 is 35.1 Å². The third kappa shape index (κ3) is 2.89. The number of ether oxygens (including phenoxy) is 1. The zero-order valence-electron chi connectivity index (χ0n) is 12.2. The van der Waals surface area contributed by atoms with Gasteiger partial charge in [0.25, 0.3) is 5.91 Å². The zero-order valence-corrected chi connectivity index (χ0v) is 13.7. The molecule has 6 heteroatoms. The summed E-state index contributed by atoms with van der Waals surface area (Å²) in [6.45, 7) is 3.57. The molecule has 22 heavy (non-hydrogen) atoms. The number of nitrogens with zero attached hydrogens (tertiary/aromatic N) is 1. The SMILES string of the molecule is CCOC(=O)c1c(C)c(Cl)c(CCl)n1C(=O)c1ccccc1. The average molecular weight is 340 g/mol. The lowest BCUT2D eigenvalue weighted by Gasteiger charge is -2.11. The molecule has 0 saturated carbocycles. The quantitative estimate of drug-likeness (QED) is 0.623. The Kier molecular flexibility index (Phi) is 5.27. The van der Waals surface area contributed by atoms with E-state index in [2.05, 4.69) is 0 Å². The lowest BCUT2D eigenvalue weighted by atomic mass is 10.2. The first-order valence-electron chi connectivity index (χ1n) is 6.75. The molecule has 2 aromatic rings. The minimum atomic E-state index is -0.595. The number of carbonyl (C=O) groups excluding carboxylic acids is 2. The molecule has 4 nitrogen and oxygen atoms in total. The normalized spacial score (nSPS) is 10.5. The van der Waals surface area contributed by atoms with Gasteiger partial charge in [-0.2, -0.15) is 0 Å². The second-order valence-corrected chi connectivity index (χ2v) is 5.24. The van der Waals surface area contributed by atoms with E-state index in [1.54, 1.807) is 44.2 Å². The van der Waals surface area contributed by atoms with E-state index in [4.69, 9.17) is 27.9 Å². The molecule has 0 saturated heterocycles. The van der Waals surface area contributed by atoms with E-state index >= 15 is 0 Å². The topological polar surface area (TPSA) is 48.3 Å². The first-order valence-corrected chi connectivity index (χ1v) is 7.66. The number of hydrogen-bond donors (Lipinski definition) is 0. The molecule has 0 amide bonds. The van der Waals surface area contributed by atoms with Crippen LogP contribution in [-0.2, 0) is 10.6 Å². The molecule has 0 aliphatic heterocycles. The van der Waals surface area contributed by atoms with Crippen molar-refractivity contribution in [1.82, 2.24) is 4.57 Å². The van der Waals surface area contributed by atoms with Gasteiger partial charge in [0.2, 0.25) is 0 Å². The minimum absolute atomic E-state index is 0.0116. The highest BCUT2D eigenvalue weighted by molar-refractivity contribution is 6.34. The van der Waals surface area contributed by atoms with Gasteiger partial charge in [0.1, 0.15) is 5.69 Å².